The Hall–Kier alpha value is -1.46. The highest BCUT2D eigenvalue weighted by Gasteiger charge is 2.41. The van der Waals surface area contributed by atoms with Gasteiger partial charge in [0, 0.05) is 44.3 Å². The Labute approximate surface area is 138 Å². The molecule has 0 saturated carbocycles. The molecule has 1 amide bonds. The van der Waals surface area contributed by atoms with Crippen LogP contribution in [0, 0.1) is 5.41 Å². The van der Waals surface area contributed by atoms with E-state index in [-0.39, 0.29) is 17.9 Å². The molecule has 5 heteroatoms. The number of carbonyl (C=O) groups is 1. The van der Waals surface area contributed by atoms with Gasteiger partial charge in [0.25, 0.3) is 0 Å². The topological polar surface area (TPSA) is 56.7 Å². The Balaban J connectivity index is 1.65. The third-order valence-electron chi connectivity index (χ3n) is 5.20. The van der Waals surface area contributed by atoms with E-state index < -0.39 is 0 Å². The maximum atomic E-state index is 12.3. The maximum Gasteiger partial charge on any atom is 0.222 e. The number of rotatable bonds is 5. The summed E-state index contributed by atoms with van der Waals surface area (Å²) < 4.78 is 0. The summed E-state index contributed by atoms with van der Waals surface area (Å²) in [7, 11) is 0. The van der Waals surface area contributed by atoms with Crippen LogP contribution < -0.4 is 0 Å². The van der Waals surface area contributed by atoms with Gasteiger partial charge >= 0.3 is 0 Å². The van der Waals surface area contributed by atoms with Crippen LogP contribution >= 0.6 is 0 Å². The van der Waals surface area contributed by atoms with Gasteiger partial charge in [0.1, 0.15) is 0 Å². The minimum absolute atomic E-state index is 0.233. The van der Waals surface area contributed by atoms with Gasteiger partial charge in [0.15, 0.2) is 0 Å². The highest BCUT2D eigenvalue weighted by atomic mass is 16.3. The second-order valence-electron chi connectivity index (χ2n) is 7.03. The van der Waals surface area contributed by atoms with Crippen LogP contribution in [-0.2, 0) is 11.3 Å². The Morgan fingerprint density at radius 1 is 1.26 bits per heavy atom. The van der Waals surface area contributed by atoms with Gasteiger partial charge in [0.05, 0.1) is 12.2 Å². The van der Waals surface area contributed by atoms with Crippen LogP contribution in [0.3, 0.4) is 0 Å². The highest BCUT2D eigenvalue weighted by Crippen LogP contribution is 2.39. The third kappa shape index (κ3) is 4.09. The standard InChI is InChI=1S/C18H27N3O2/c22-12-4-11-20-10-3-7-18(14-20)8-6-17(23)21(15-18)13-16-5-1-2-9-19-16/h1-2,5,9,22H,3-4,6-8,10-15H2/t18-/m1/s1. The molecule has 2 saturated heterocycles. The zero-order valence-electron chi connectivity index (χ0n) is 13.8. The lowest BCUT2D eigenvalue weighted by atomic mass is 9.73. The number of hydrogen-bond donors (Lipinski definition) is 1. The van der Waals surface area contributed by atoms with Crippen LogP contribution in [0.1, 0.15) is 37.8 Å². The zero-order chi connectivity index (χ0) is 16.1. The van der Waals surface area contributed by atoms with Crippen molar-refractivity contribution in [1.82, 2.24) is 14.8 Å². The first-order valence-corrected chi connectivity index (χ1v) is 8.72. The molecule has 1 spiro atoms. The Morgan fingerprint density at radius 2 is 2.17 bits per heavy atom. The van der Waals surface area contributed by atoms with Gasteiger partial charge in [0.2, 0.25) is 5.91 Å². The Bertz CT molecular complexity index is 522. The number of piperidine rings is 2. The molecule has 0 aromatic carbocycles. The molecule has 2 aliphatic rings. The fourth-order valence-corrected chi connectivity index (χ4v) is 4.06. The molecular weight excluding hydrogens is 290 g/mol. The SMILES string of the molecule is O=C1CC[C@@]2(CCCN(CCCO)C2)CN1Cc1ccccn1. The Morgan fingerprint density at radius 3 is 2.96 bits per heavy atom. The fourth-order valence-electron chi connectivity index (χ4n) is 4.06. The molecule has 0 unspecified atom stereocenters. The van der Waals surface area contributed by atoms with Crippen molar-refractivity contribution in [1.29, 1.82) is 0 Å². The minimum atomic E-state index is 0.233. The van der Waals surface area contributed by atoms with E-state index in [2.05, 4.69) is 9.88 Å². The second-order valence-corrected chi connectivity index (χ2v) is 7.03. The lowest BCUT2D eigenvalue weighted by Crippen LogP contribution is -2.53. The second kappa shape index (κ2) is 7.41. The quantitative estimate of drug-likeness (QED) is 0.897. The molecule has 126 valence electrons. The van der Waals surface area contributed by atoms with E-state index in [1.54, 1.807) is 6.20 Å². The highest BCUT2D eigenvalue weighted by molar-refractivity contribution is 5.77. The number of carbonyl (C=O) groups excluding carboxylic acids is 1. The summed E-state index contributed by atoms with van der Waals surface area (Å²) >= 11 is 0. The van der Waals surface area contributed by atoms with Gasteiger partial charge in [-0.3, -0.25) is 9.78 Å². The van der Waals surface area contributed by atoms with Crippen molar-refractivity contribution in [3.8, 4) is 0 Å². The van der Waals surface area contributed by atoms with Crippen molar-refractivity contribution >= 4 is 5.91 Å². The molecule has 2 aliphatic heterocycles. The number of aliphatic hydroxyl groups is 1. The molecule has 2 fully saturated rings. The molecular formula is C18H27N3O2. The summed E-state index contributed by atoms with van der Waals surface area (Å²) in [4.78, 5) is 21.2. The molecule has 1 aromatic rings. The largest absolute Gasteiger partial charge is 0.396 e. The molecule has 3 heterocycles. The van der Waals surface area contributed by atoms with Gasteiger partial charge in [-0.2, -0.15) is 0 Å². The molecule has 3 rings (SSSR count). The summed E-state index contributed by atoms with van der Waals surface area (Å²) in [6.45, 7) is 4.87. The molecule has 1 atom stereocenters. The van der Waals surface area contributed by atoms with Crippen molar-refractivity contribution < 1.29 is 9.90 Å². The van der Waals surface area contributed by atoms with Gasteiger partial charge < -0.3 is 14.9 Å². The summed E-state index contributed by atoms with van der Waals surface area (Å²) in [5.74, 6) is 0.258. The van der Waals surface area contributed by atoms with Crippen LogP contribution in [0.2, 0.25) is 0 Å². The van der Waals surface area contributed by atoms with Crippen molar-refractivity contribution in [2.75, 3.05) is 32.8 Å². The minimum Gasteiger partial charge on any atom is -0.396 e. The van der Waals surface area contributed by atoms with Crippen LogP contribution in [0.4, 0.5) is 0 Å². The summed E-state index contributed by atoms with van der Waals surface area (Å²) in [5.41, 5.74) is 1.20. The summed E-state index contributed by atoms with van der Waals surface area (Å²) in [6.07, 6.45) is 6.68. The van der Waals surface area contributed by atoms with E-state index in [9.17, 15) is 4.79 Å². The van der Waals surface area contributed by atoms with Crippen molar-refractivity contribution in [3.63, 3.8) is 0 Å². The van der Waals surface area contributed by atoms with E-state index >= 15 is 0 Å². The molecule has 1 N–H and O–H groups in total. The monoisotopic (exact) mass is 317 g/mol. The van der Waals surface area contributed by atoms with Crippen LogP contribution in [-0.4, -0.2) is 58.6 Å². The number of pyridine rings is 1. The number of nitrogens with zero attached hydrogens (tertiary/aromatic N) is 3. The maximum absolute atomic E-state index is 12.3. The number of likely N-dealkylation sites (tertiary alicyclic amines) is 2. The van der Waals surface area contributed by atoms with Gasteiger partial charge in [-0.15, -0.1) is 0 Å². The predicted molar refractivity (Wildman–Crippen MR) is 88.7 cm³/mol. The molecule has 0 aliphatic carbocycles. The van der Waals surface area contributed by atoms with Gasteiger partial charge in [-0.1, -0.05) is 6.07 Å². The first-order chi connectivity index (χ1) is 11.2. The van der Waals surface area contributed by atoms with Gasteiger partial charge in [-0.05, 0) is 44.4 Å². The van der Waals surface area contributed by atoms with E-state index in [1.165, 1.54) is 12.8 Å². The molecule has 0 radical (unpaired) electrons. The van der Waals surface area contributed by atoms with Crippen LogP contribution in [0.25, 0.3) is 0 Å². The average molecular weight is 317 g/mol. The molecule has 0 bridgehead atoms. The van der Waals surface area contributed by atoms with Crippen molar-refractivity contribution in [2.24, 2.45) is 5.41 Å². The lowest BCUT2D eigenvalue weighted by molar-refractivity contribution is -0.140. The number of aliphatic hydroxyl groups excluding tert-OH is 1. The van der Waals surface area contributed by atoms with Crippen LogP contribution in [0.15, 0.2) is 24.4 Å². The first kappa shape index (κ1) is 16.4. The first-order valence-electron chi connectivity index (χ1n) is 8.72. The summed E-state index contributed by atoms with van der Waals surface area (Å²) in [6, 6.07) is 5.87. The smallest absolute Gasteiger partial charge is 0.222 e. The summed E-state index contributed by atoms with van der Waals surface area (Å²) in [5, 5.41) is 9.05. The molecule has 1 aromatic heterocycles. The van der Waals surface area contributed by atoms with E-state index in [0.29, 0.717) is 13.0 Å². The Kier molecular flexibility index (Phi) is 5.28. The zero-order valence-corrected chi connectivity index (χ0v) is 13.8. The molecule has 5 nitrogen and oxygen atoms in total. The lowest BCUT2D eigenvalue weighted by Gasteiger charge is -2.48. The van der Waals surface area contributed by atoms with E-state index in [0.717, 1.165) is 44.7 Å². The van der Waals surface area contributed by atoms with E-state index in [4.69, 9.17) is 5.11 Å². The van der Waals surface area contributed by atoms with Crippen molar-refractivity contribution in [2.45, 2.75) is 38.6 Å². The fraction of sp³-hybridized carbons (Fsp3) is 0.667. The average Bonchev–Trinajstić information content (AvgIpc) is 2.58. The van der Waals surface area contributed by atoms with E-state index in [1.807, 2.05) is 23.1 Å². The van der Waals surface area contributed by atoms with Crippen molar-refractivity contribution in [3.05, 3.63) is 30.1 Å². The predicted octanol–water partition coefficient (Wildman–Crippen LogP) is 1.67. The van der Waals surface area contributed by atoms with Gasteiger partial charge in [-0.25, -0.2) is 0 Å². The van der Waals surface area contributed by atoms with Crippen LogP contribution in [0.5, 0.6) is 0 Å². The number of hydrogen-bond acceptors (Lipinski definition) is 4. The normalized spacial score (nSPS) is 26.0. The number of amides is 1. The third-order valence-corrected chi connectivity index (χ3v) is 5.20. The molecule has 23 heavy (non-hydrogen) atoms. The number of aromatic nitrogens is 1.